The Labute approximate surface area is 267 Å². The molecule has 7 aliphatic carbocycles. The third kappa shape index (κ3) is 4.15. The van der Waals surface area contributed by atoms with E-state index >= 15 is 0 Å². The van der Waals surface area contributed by atoms with Crippen LogP contribution < -0.4 is 4.74 Å². The van der Waals surface area contributed by atoms with Crippen LogP contribution in [0.25, 0.3) is 10.8 Å². The van der Waals surface area contributed by atoms with Crippen LogP contribution in [-0.2, 0) is 24.4 Å². The number of benzene rings is 4. The summed E-state index contributed by atoms with van der Waals surface area (Å²) in [6.45, 7) is 0. The lowest BCUT2D eigenvalue weighted by atomic mass is 9.48. The van der Waals surface area contributed by atoms with Crippen molar-refractivity contribution in [3.05, 3.63) is 107 Å². The van der Waals surface area contributed by atoms with E-state index in [1.807, 2.05) is 0 Å². The summed E-state index contributed by atoms with van der Waals surface area (Å²) in [6.07, 6.45) is 5.10. The Kier molecular flexibility index (Phi) is 5.98. The molecule has 3 unspecified atom stereocenters. The Morgan fingerprint density at radius 1 is 0.717 bits per heavy atom. The summed E-state index contributed by atoms with van der Waals surface area (Å²) in [7, 11) is -4.47. The lowest BCUT2D eigenvalue weighted by molar-refractivity contribution is -0.212. The maximum Gasteiger partial charge on any atom is 0.317 e. The smallest absolute Gasteiger partial charge is 0.317 e. The van der Waals surface area contributed by atoms with Crippen LogP contribution in [-0.4, -0.2) is 30.5 Å². The number of carbonyl (C=O) groups is 2. The van der Waals surface area contributed by atoms with Crippen molar-refractivity contribution in [2.75, 3.05) is 0 Å². The largest absolute Gasteiger partial charge is 0.459 e. The topological polar surface area (TPSA) is 107 Å². The molecule has 0 amide bonds. The van der Waals surface area contributed by atoms with Crippen LogP contribution in [0.2, 0.25) is 0 Å². The van der Waals surface area contributed by atoms with Gasteiger partial charge in [-0.05, 0) is 84.7 Å². The van der Waals surface area contributed by atoms with E-state index in [0.717, 1.165) is 25.7 Å². The maximum atomic E-state index is 14.3. The molecule has 7 nitrogen and oxygen atoms in total. The highest BCUT2D eigenvalue weighted by Crippen LogP contribution is 2.64. The fourth-order valence-electron chi connectivity index (χ4n) is 10.5. The lowest BCUT2D eigenvalue weighted by Crippen LogP contribution is -2.60. The average Bonchev–Trinajstić information content (AvgIpc) is 3.03. The Morgan fingerprint density at radius 3 is 1.93 bits per heavy atom. The van der Waals surface area contributed by atoms with Crippen LogP contribution in [0.4, 0.5) is 0 Å². The second-order valence-corrected chi connectivity index (χ2v) is 15.8. The first-order valence-electron chi connectivity index (χ1n) is 16.3. The summed E-state index contributed by atoms with van der Waals surface area (Å²) >= 11 is 0. The molecule has 4 saturated carbocycles. The molecule has 1 N–H and O–H groups in total. The van der Waals surface area contributed by atoms with Crippen molar-refractivity contribution in [1.82, 2.24) is 0 Å². The molecule has 6 bridgehead atoms. The molecule has 0 aromatic heterocycles. The summed E-state index contributed by atoms with van der Waals surface area (Å²) in [6, 6.07) is 26.4. The van der Waals surface area contributed by atoms with Gasteiger partial charge in [0.2, 0.25) is 0 Å². The van der Waals surface area contributed by atoms with E-state index in [1.54, 1.807) is 24.3 Å². The van der Waals surface area contributed by atoms with Gasteiger partial charge in [0.15, 0.2) is 0 Å². The van der Waals surface area contributed by atoms with Crippen LogP contribution in [0.1, 0.15) is 79.0 Å². The number of esters is 2. The Bertz CT molecular complexity index is 2000. The predicted molar refractivity (Wildman–Crippen MR) is 170 cm³/mol. The van der Waals surface area contributed by atoms with Crippen molar-refractivity contribution in [3.63, 3.8) is 0 Å². The van der Waals surface area contributed by atoms with Gasteiger partial charge in [0.25, 0.3) is 10.1 Å². The summed E-state index contributed by atoms with van der Waals surface area (Å²) in [5.41, 5.74) is 3.58. The number of hydrogen-bond donors (Lipinski definition) is 1. The molecular formula is C38H34O7S. The SMILES string of the molecule is O=C(OC12CC3CC(C1)CC(C(=O)Oc1ccc(S(=O)(=O)O)c4ccccc14)(C3)C2)C1CC2c3ccccc3C1c1ccccc12. The third-order valence-corrected chi connectivity index (χ3v) is 12.6. The van der Waals surface area contributed by atoms with Gasteiger partial charge in [0, 0.05) is 29.0 Å². The predicted octanol–water partition coefficient (Wildman–Crippen LogP) is 7.17. The molecule has 8 heteroatoms. The van der Waals surface area contributed by atoms with Crippen LogP contribution in [0, 0.1) is 23.2 Å². The molecule has 0 aliphatic heterocycles. The van der Waals surface area contributed by atoms with E-state index in [-0.39, 0.29) is 57.6 Å². The third-order valence-electron chi connectivity index (χ3n) is 11.7. The minimum absolute atomic E-state index is 0.0447. The summed E-state index contributed by atoms with van der Waals surface area (Å²) in [5, 5.41) is 0.723. The van der Waals surface area contributed by atoms with E-state index in [1.165, 1.54) is 34.4 Å². The van der Waals surface area contributed by atoms with Gasteiger partial charge in [-0.15, -0.1) is 0 Å². The highest BCUT2D eigenvalue weighted by molar-refractivity contribution is 7.86. The average molecular weight is 635 g/mol. The first-order chi connectivity index (χ1) is 22.1. The molecule has 4 fully saturated rings. The quantitative estimate of drug-likeness (QED) is 0.141. The van der Waals surface area contributed by atoms with Gasteiger partial charge in [-0.2, -0.15) is 8.42 Å². The summed E-state index contributed by atoms with van der Waals surface area (Å²) in [4.78, 5) is 28.2. The molecule has 0 saturated heterocycles. The zero-order chi connectivity index (χ0) is 31.4. The molecule has 4 aromatic rings. The Morgan fingerprint density at radius 2 is 1.30 bits per heavy atom. The van der Waals surface area contributed by atoms with Crippen molar-refractivity contribution in [2.24, 2.45) is 23.2 Å². The van der Waals surface area contributed by atoms with E-state index in [2.05, 4.69) is 48.5 Å². The normalized spacial score (nSPS) is 31.7. The highest BCUT2D eigenvalue weighted by atomic mass is 32.2. The van der Waals surface area contributed by atoms with E-state index in [4.69, 9.17) is 9.47 Å². The number of hydrogen-bond acceptors (Lipinski definition) is 6. The molecule has 7 aliphatic rings. The molecule has 11 rings (SSSR count). The number of carbonyl (C=O) groups excluding carboxylic acids is 2. The number of fused-ring (bicyclic) bond motifs is 2. The van der Waals surface area contributed by atoms with Crippen molar-refractivity contribution in [2.45, 2.75) is 67.3 Å². The van der Waals surface area contributed by atoms with Crippen molar-refractivity contribution in [3.8, 4) is 5.75 Å². The second kappa shape index (κ2) is 9.75. The van der Waals surface area contributed by atoms with Crippen LogP contribution >= 0.6 is 0 Å². The zero-order valence-corrected chi connectivity index (χ0v) is 26.0. The van der Waals surface area contributed by atoms with Gasteiger partial charge >= 0.3 is 11.9 Å². The van der Waals surface area contributed by atoms with Gasteiger partial charge in [0.05, 0.1) is 11.3 Å². The molecule has 46 heavy (non-hydrogen) atoms. The van der Waals surface area contributed by atoms with Gasteiger partial charge in [-0.1, -0.05) is 72.8 Å². The Hall–Kier alpha value is -4.01. The van der Waals surface area contributed by atoms with Crippen LogP contribution in [0.3, 0.4) is 0 Å². The van der Waals surface area contributed by atoms with Gasteiger partial charge < -0.3 is 9.47 Å². The second-order valence-electron chi connectivity index (χ2n) is 14.4. The van der Waals surface area contributed by atoms with Gasteiger partial charge in [-0.3, -0.25) is 14.1 Å². The van der Waals surface area contributed by atoms with E-state index in [0.29, 0.717) is 24.6 Å². The van der Waals surface area contributed by atoms with Crippen LogP contribution in [0.5, 0.6) is 5.75 Å². The number of ether oxygens (including phenoxy) is 2. The Balaban J connectivity index is 1.01. The zero-order valence-electron chi connectivity index (χ0n) is 25.2. The molecular weight excluding hydrogens is 600 g/mol. The first-order valence-corrected chi connectivity index (χ1v) is 17.7. The summed E-state index contributed by atoms with van der Waals surface area (Å²) < 4.78 is 46.6. The molecule has 0 radical (unpaired) electrons. The van der Waals surface area contributed by atoms with E-state index in [9.17, 15) is 22.6 Å². The minimum atomic E-state index is -4.47. The highest BCUT2D eigenvalue weighted by Gasteiger charge is 2.63. The van der Waals surface area contributed by atoms with Gasteiger partial charge in [-0.25, -0.2) is 0 Å². The molecule has 0 spiro atoms. The molecule has 4 aromatic carbocycles. The molecule has 0 heterocycles. The summed E-state index contributed by atoms with van der Waals surface area (Å²) in [5.74, 6) is 0.117. The van der Waals surface area contributed by atoms with Gasteiger partial charge in [0.1, 0.15) is 16.2 Å². The lowest BCUT2D eigenvalue weighted by Gasteiger charge is -2.60. The van der Waals surface area contributed by atoms with Crippen LogP contribution in [0.15, 0.2) is 89.8 Å². The van der Waals surface area contributed by atoms with E-state index < -0.39 is 21.1 Å². The number of rotatable bonds is 5. The minimum Gasteiger partial charge on any atom is -0.459 e. The maximum absolute atomic E-state index is 14.3. The standard InChI is InChI=1S/C38H34O7S/c39-35(31-16-30-24-7-1-5-11-28(24)34(31)29-12-6-2-8-25(29)30)45-38-19-22-15-23(20-38)18-37(17-22,21-38)36(40)44-32-13-14-33(46(41,42)43)27-10-4-3-9-26(27)32/h1-14,22-23,30-31,34H,15-21H2,(H,41,42,43). The van der Waals surface area contributed by atoms with Crippen molar-refractivity contribution in [1.29, 1.82) is 0 Å². The van der Waals surface area contributed by atoms with Crippen molar-refractivity contribution >= 4 is 32.8 Å². The first kappa shape index (κ1) is 28.2. The van der Waals surface area contributed by atoms with Crippen molar-refractivity contribution < 1.29 is 32.0 Å². The molecule has 3 atom stereocenters. The fourth-order valence-corrected chi connectivity index (χ4v) is 11.2. The molecule has 234 valence electrons. The fraction of sp³-hybridized carbons (Fsp3) is 0.368. The monoisotopic (exact) mass is 634 g/mol.